The molecule has 0 N–H and O–H groups in total. The van der Waals surface area contributed by atoms with Crippen molar-refractivity contribution in [2.75, 3.05) is 0 Å². The third-order valence-electron chi connectivity index (χ3n) is 3.22. The fourth-order valence-electron chi connectivity index (χ4n) is 2.21. The third kappa shape index (κ3) is 3.05. The lowest BCUT2D eigenvalue weighted by Crippen LogP contribution is -2.08. The SMILES string of the molecule is Cn1nc(-c2ccnc(Cl)c2)nc1-c1ccccc1C(F)(F)F. The molecular weight excluding hydrogens is 329 g/mol. The van der Waals surface area contributed by atoms with Crippen LogP contribution in [0.5, 0.6) is 0 Å². The van der Waals surface area contributed by atoms with Crippen molar-refractivity contribution in [1.29, 1.82) is 0 Å². The number of benzene rings is 1. The van der Waals surface area contributed by atoms with E-state index >= 15 is 0 Å². The number of alkyl halides is 3. The van der Waals surface area contributed by atoms with Gasteiger partial charge < -0.3 is 0 Å². The first-order chi connectivity index (χ1) is 10.9. The van der Waals surface area contributed by atoms with Crippen molar-refractivity contribution in [2.45, 2.75) is 6.18 Å². The minimum Gasteiger partial charge on any atom is -0.248 e. The highest BCUT2D eigenvalue weighted by Crippen LogP contribution is 2.36. The second-order valence-corrected chi connectivity index (χ2v) is 5.18. The van der Waals surface area contributed by atoms with E-state index in [-0.39, 0.29) is 22.4 Å². The molecule has 0 saturated carbocycles. The van der Waals surface area contributed by atoms with Crippen LogP contribution in [0.15, 0.2) is 42.6 Å². The fourth-order valence-corrected chi connectivity index (χ4v) is 2.38. The molecule has 3 aromatic rings. The molecule has 1 aromatic carbocycles. The summed E-state index contributed by atoms with van der Waals surface area (Å²) in [5.41, 5.74) is -0.201. The van der Waals surface area contributed by atoms with Crippen molar-refractivity contribution in [3.05, 3.63) is 53.3 Å². The molecule has 118 valence electrons. The van der Waals surface area contributed by atoms with Crippen molar-refractivity contribution in [2.24, 2.45) is 7.05 Å². The third-order valence-corrected chi connectivity index (χ3v) is 3.43. The smallest absolute Gasteiger partial charge is 0.248 e. The van der Waals surface area contributed by atoms with E-state index in [9.17, 15) is 13.2 Å². The van der Waals surface area contributed by atoms with Gasteiger partial charge in [0.05, 0.1) is 5.56 Å². The molecule has 0 radical (unpaired) electrons. The highest BCUT2D eigenvalue weighted by Gasteiger charge is 2.34. The number of hydrogen-bond donors (Lipinski definition) is 0. The second-order valence-electron chi connectivity index (χ2n) is 4.79. The van der Waals surface area contributed by atoms with Gasteiger partial charge in [0.15, 0.2) is 11.6 Å². The van der Waals surface area contributed by atoms with Gasteiger partial charge in [0.1, 0.15) is 5.15 Å². The van der Waals surface area contributed by atoms with Gasteiger partial charge >= 0.3 is 6.18 Å². The number of nitrogens with zero attached hydrogens (tertiary/aromatic N) is 4. The van der Waals surface area contributed by atoms with E-state index in [2.05, 4.69) is 15.1 Å². The molecule has 0 bridgehead atoms. The Hall–Kier alpha value is -2.41. The maximum atomic E-state index is 13.2. The average molecular weight is 339 g/mol. The molecule has 0 aliphatic rings. The zero-order valence-corrected chi connectivity index (χ0v) is 12.6. The van der Waals surface area contributed by atoms with E-state index < -0.39 is 11.7 Å². The van der Waals surface area contributed by atoms with Crippen LogP contribution in [-0.2, 0) is 13.2 Å². The van der Waals surface area contributed by atoms with Gasteiger partial charge in [-0.2, -0.15) is 18.3 Å². The Morgan fingerprint density at radius 3 is 2.57 bits per heavy atom. The Morgan fingerprint density at radius 2 is 1.87 bits per heavy atom. The molecule has 3 rings (SSSR count). The van der Waals surface area contributed by atoms with Crippen molar-refractivity contribution >= 4 is 11.6 Å². The maximum absolute atomic E-state index is 13.2. The number of pyridine rings is 1. The van der Waals surface area contributed by atoms with E-state index in [0.717, 1.165) is 6.07 Å². The molecule has 0 fully saturated rings. The van der Waals surface area contributed by atoms with Gasteiger partial charge in [-0.25, -0.2) is 14.6 Å². The minimum atomic E-state index is -4.47. The molecule has 0 aliphatic heterocycles. The first kappa shape index (κ1) is 15.5. The summed E-state index contributed by atoms with van der Waals surface area (Å²) in [5.74, 6) is 0.407. The summed E-state index contributed by atoms with van der Waals surface area (Å²) in [6, 6.07) is 8.45. The van der Waals surface area contributed by atoms with E-state index in [1.165, 1.54) is 29.1 Å². The van der Waals surface area contributed by atoms with E-state index in [0.29, 0.717) is 5.56 Å². The lowest BCUT2D eigenvalue weighted by molar-refractivity contribution is -0.137. The van der Waals surface area contributed by atoms with Crippen LogP contribution in [0.3, 0.4) is 0 Å². The van der Waals surface area contributed by atoms with Gasteiger partial charge in [-0.3, -0.25) is 0 Å². The lowest BCUT2D eigenvalue weighted by Gasteiger charge is -2.11. The van der Waals surface area contributed by atoms with Crippen LogP contribution >= 0.6 is 11.6 Å². The Bertz CT molecular complexity index is 858. The van der Waals surface area contributed by atoms with Gasteiger partial charge in [-0.15, -0.1) is 0 Å². The molecule has 0 atom stereocenters. The first-order valence-electron chi connectivity index (χ1n) is 6.56. The standard InChI is InChI=1S/C15H10ClF3N4/c1-23-14(10-4-2-3-5-11(10)15(17,18)19)21-13(22-23)9-6-7-20-12(16)8-9/h2-8H,1H3. The quantitative estimate of drug-likeness (QED) is 0.657. The summed E-state index contributed by atoms with van der Waals surface area (Å²) in [7, 11) is 1.54. The molecule has 0 aliphatic carbocycles. The number of aryl methyl sites for hydroxylation is 1. The molecule has 0 amide bonds. The lowest BCUT2D eigenvalue weighted by atomic mass is 10.1. The summed E-state index contributed by atoms with van der Waals surface area (Å²) in [4.78, 5) is 8.08. The number of hydrogen-bond acceptors (Lipinski definition) is 3. The topological polar surface area (TPSA) is 43.6 Å². The van der Waals surface area contributed by atoms with Gasteiger partial charge in [-0.1, -0.05) is 29.8 Å². The molecule has 2 heterocycles. The van der Waals surface area contributed by atoms with E-state index in [1.807, 2.05) is 0 Å². The Kier molecular flexibility index (Phi) is 3.81. The zero-order valence-electron chi connectivity index (χ0n) is 11.8. The molecule has 0 unspecified atom stereocenters. The summed E-state index contributed by atoms with van der Waals surface area (Å²) < 4.78 is 40.8. The Morgan fingerprint density at radius 1 is 1.13 bits per heavy atom. The summed E-state index contributed by atoms with van der Waals surface area (Å²) in [5, 5.41) is 4.43. The second kappa shape index (κ2) is 5.66. The van der Waals surface area contributed by atoms with Crippen molar-refractivity contribution < 1.29 is 13.2 Å². The maximum Gasteiger partial charge on any atom is 0.417 e. The van der Waals surface area contributed by atoms with Crippen molar-refractivity contribution in [3.63, 3.8) is 0 Å². The largest absolute Gasteiger partial charge is 0.417 e. The molecule has 4 nitrogen and oxygen atoms in total. The average Bonchev–Trinajstić information content (AvgIpc) is 2.88. The summed E-state index contributed by atoms with van der Waals surface area (Å²) in [6.45, 7) is 0. The minimum absolute atomic E-state index is 0.0265. The molecule has 2 aromatic heterocycles. The first-order valence-corrected chi connectivity index (χ1v) is 6.93. The van der Waals surface area contributed by atoms with Crippen LogP contribution in [0, 0.1) is 0 Å². The fraction of sp³-hybridized carbons (Fsp3) is 0.133. The summed E-state index contributed by atoms with van der Waals surface area (Å²) in [6.07, 6.45) is -2.99. The molecular formula is C15H10ClF3N4. The zero-order chi connectivity index (χ0) is 16.6. The van der Waals surface area contributed by atoms with Gasteiger partial charge in [0.2, 0.25) is 0 Å². The normalized spacial score (nSPS) is 11.7. The number of aromatic nitrogens is 4. The Labute approximate surface area is 134 Å². The Balaban J connectivity index is 2.13. The van der Waals surface area contributed by atoms with Gasteiger partial charge in [-0.05, 0) is 18.2 Å². The molecule has 0 saturated heterocycles. The molecule has 23 heavy (non-hydrogen) atoms. The highest BCUT2D eigenvalue weighted by atomic mass is 35.5. The van der Waals surface area contributed by atoms with Gasteiger partial charge in [0.25, 0.3) is 0 Å². The molecule has 0 spiro atoms. The van der Waals surface area contributed by atoms with Crippen molar-refractivity contribution in [1.82, 2.24) is 19.7 Å². The van der Waals surface area contributed by atoms with Crippen LogP contribution in [0.2, 0.25) is 5.15 Å². The van der Waals surface area contributed by atoms with Crippen LogP contribution in [0.1, 0.15) is 5.56 Å². The van der Waals surface area contributed by atoms with Crippen LogP contribution in [0.25, 0.3) is 22.8 Å². The van der Waals surface area contributed by atoms with Crippen LogP contribution < -0.4 is 0 Å². The van der Waals surface area contributed by atoms with Crippen molar-refractivity contribution in [3.8, 4) is 22.8 Å². The molecule has 8 heteroatoms. The number of rotatable bonds is 2. The van der Waals surface area contributed by atoms with E-state index in [1.54, 1.807) is 19.2 Å². The predicted molar refractivity (Wildman–Crippen MR) is 79.7 cm³/mol. The van der Waals surface area contributed by atoms with Crippen LogP contribution in [0.4, 0.5) is 13.2 Å². The summed E-state index contributed by atoms with van der Waals surface area (Å²) >= 11 is 5.82. The monoisotopic (exact) mass is 338 g/mol. The van der Waals surface area contributed by atoms with E-state index in [4.69, 9.17) is 11.6 Å². The highest BCUT2D eigenvalue weighted by molar-refractivity contribution is 6.29. The van der Waals surface area contributed by atoms with Crippen LogP contribution in [-0.4, -0.2) is 19.7 Å². The number of halogens is 4. The van der Waals surface area contributed by atoms with Gasteiger partial charge in [0, 0.05) is 24.4 Å². The predicted octanol–water partition coefficient (Wildman–Crippen LogP) is 4.22.